The van der Waals surface area contributed by atoms with Crippen molar-refractivity contribution in [1.29, 1.82) is 0 Å². The molecule has 1 heterocycles. The van der Waals surface area contributed by atoms with E-state index >= 15 is 0 Å². The molecule has 0 aliphatic carbocycles. The highest BCUT2D eigenvalue weighted by Gasteiger charge is 2.29. The van der Waals surface area contributed by atoms with Crippen molar-refractivity contribution in [3.8, 4) is 0 Å². The molecule has 0 atom stereocenters. The van der Waals surface area contributed by atoms with Crippen LogP contribution in [0, 0.1) is 0 Å². The second-order valence-corrected chi connectivity index (χ2v) is 10.8. The van der Waals surface area contributed by atoms with Crippen molar-refractivity contribution >= 4 is 56.4 Å². The molecule has 194 valence electrons. The van der Waals surface area contributed by atoms with Gasteiger partial charge in [-0.3, -0.25) is 18.9 Å². The van der Waals surface area contributed by atoms with E-state index in [0.717, 1.165) is 9.87 Å². The summed E-state index contributed by atoms with van der Waals surface area (Å²) in [5.41, 5.74) is 1.33. The van der Waals surface area contributed by atoms with Crippen molar-refractivity contribution in [2.24, 2.45) is 0 Å². The van der Waals surface area contributed by atoms with Gasteiger partial charge < -0.3 is 10.6 Å². The van der Waals surface area contributed by atoms with E-state index in [0.29, 0.717) is 5.02 Å². The standard InChI is InChI=1S/C27H22Cl2N4O4S/c28-20-12-13-25(23(29)15-20)33(38(36,37)21-8-2-1-3-9-21)18-26(34)32-24-11-5-4-10-22(24)27(35)31-17-19-7-6-14-30-16-19/h1-16H,17-18H2,(H,31,35)(H,32,34). The van der Waals surface area contributed by atoms with Crippen LogP contribution in [-0.4, -0.2) is 31.8 Å². The largest absolute Gasteiger partial charge is 0.348 e. The van der Waals surface area contributed by atoms with Gasteiger partial charge in [-0.05, 0) is 54.1 Å². The lowest BCUT2D eigenvalue weighted by molar-refractivity contribution is -0.114. The van der Waals surface area contributed by atoms with Crippen LogP contribution in [-0.2, 0) is 21.4 Å². The van der Waals surface area contributed by atoms with Crippen molar-refractivity contribution in [1.82, 2.24) is 10.3 Å². The molecule has 2 amide bonds. The van der Waals surface area contributed by atoms with Gasteiger partial charge in [0.2, 0.25) is 5.91 Å². The van der Waals surface area contributed by atoms with Gasteiger partial charge in [0, 0.05) is 24.0 Å². The maximum absolute atomic E-state index is 13.5. The number of para-hydroxylation sites is 1. The quantitative estimate of drug-likeness (QED) is 0.290. The predicted octanol–water partition coefficient (Wildman–Crippen LogP) is 5.15. The number of hydrogen-bond donors (Lipinski definition) is 2. The third-order valence-corrected chi connectivity index (χ3v) is 7.73. The molecule has 0 saturated carbocycles. The number of aromatic nitrogens is 1. The Morgan fingerprint density at radius 2 is 1.63 bits per heavy atom. The third kappa shape index (κ3) is 6.49. The van der Waals surface area contributed by atoms with Gasteiger partial charge in [-0.2, -0.15) is 0 Å². The molecule has 0 saturated heterocycles. The number of pyridine rings is 1. The first-order chi connectivity index (χ1) is 18.3. The minimum atomic E-state index is -4.18. The first-order valence-corrected chi connectivity index (χ1v) is 13.5. The molecular weight excluding hydrogens is 547 g/mol. The number of carbonyl (C=O) groups excluding carboxylic acids is 2. The number of nitrogens with one attached hydrogen (secondary N) is 2. The van der Waals surface area contributed by atoms with E-state index in [9.17, 15) is 18.0 Å². The highest BCUT2D eigenvalue weighted by Crippen LogP contribution is 2.32. The van der Waals surface area contributed by atoms with Gasteiger partial charge in [0.25, 0.3) is 15.9 Å². The van der Waals surface area contributed by atoms with Crippen molar-refractivity contribution in [2.75, 3.05) is 16.2 Å². The van der Waals surface area contributed by atoms with Gasteiger partial charge in [-0.1, -0.05) is 59.6 Å². The van der Waals surface area contributed by atoms with Crippen LogP contribution >= 0.6 is 23.2 Å². The summed E-state index contributed by atoms with van der Waals surface area (Å²) in [6, 6.07) is 22.0. The van der Waals surface area contributed by atoms with Crippen molar-refractivity contribution in [2.45, 2.75) is 11.4 Å². The fraction of sp³-hybridized carbons (Fsp3) is 0.0741. The van der Waals surface area contributed by atoms with Crippen molar-refractivity contribution in [3.63, 3.8) is 0 Å². The van der Waals surface area contributed by atoms with Gasteiger partial charge in [-0.15, -0.1) is 0 Å². The molecule has 11 heteroatoms. The van der Waals surface area contributed by atoms with Crippen molar-refractivity contribution in [3.05, 3.63) is 118 Å². The minimum Gasteiger partial charge on any atom is -0.348 e. The molecule has 0 radical (unpaired) electrons. The van der Waals surface area contributed by atoms with Crippen LogP contribution in [0.2, 0.25) is 10.0 Å². The van der Waals surface area contributed by atoms with E-state index in [1.54, 1.807) is 60.9 Å². The van der Waals surface area contributed by atoms with Crippen LogP contribution < -0.4 is 14.9 Å². The summed E-state index contributed by atoms with van der Waals surface area (Å²) in [6.45, 7) is -0.364. The third-order valence-electron chi connectivity index (χ3n) is 5.42. The lowest BCUT2D eigenvalue weighted by Gasteiger charge is -2.25. The molecule has 8 nitrogen and oxygen atoms in total. The maximum atomic E-state index is 13.5. The monoisotopic (exact) mass is 568 g/mol. The molecule has 0 aliphatic rings. The molecule has 0 spiro atoms. The fourth-order valence-electron chi connectivity index (χ4n) is 3.59. The van der Waals surface area contributed by atoms with Gasteiger partial charge >= 0.3 is 0 Å². The summed E-state index contributed by atoms with van der Waals surface area (Å²) in [7, 11) is -4.18. The van der Waals surface area contributed by atoms with E-state index in [-0.39, 0.29) is 33.4 Å². The number of benzene rings is 3. The second-order valence-electron chi connectivity index (χ2n) is 8.06. The number of halogens is 2. The molecule has 4 aromatic rings. The second kappa shape index (κ2) is 12.1. The Bertz CT molecular complexity index is 1550. The number of sulfonamides is 1. The topological polar surface area (TPSA) is 108 Å². The number of anilines is 2. The Hall–Kier alpha value is -3.92. The summed E-state index contributed by atoms with van der Waals surface area (Å²) in [6.07, 6.45) is 3.27. The van der Waals surface area contributed by atoms with E-state index < -0.39 is 28.4 Å². The van der Waals surface area contributed by atoms with Crippen LogP contribution in [0.5, 0.6) is 0 Å². The van der Waals surface area contributed by atoms with Crippen LogP contribution in [0.3, 0.4) is 0 Å². The molecule has 2 N–H and O–H groups in total. The normalized spacial score (nSPS) is 11.0. The molecule has 38 heavy (non-hydrogen) atoms. The highest BCUT2D eigenvalue weighted by atomic mass is 35.5. The average molecular weight is 569 g/mol. The maximum Gasteiger partial charge on any atom is 0.264 e. The lowest BCUT2D eigenvalue weighted by atomic mass is 10.1. The molecule has 1 aromatic heterocycles. The Labute approximate surface area is 230 Å². The number of carbonyl (C=O) groups is 2. The Morgan fingerprint density at radius 3 is 2.34 bits per heavy atom. The number of hydrogen-bond acceptors (Lipinski definition) is 5. The van der Waals surface area contributed by atoms with Gasteiger partial charge in [0.05, 0.1) is 26.9 Å². The van der Waals surface area contributed by atoms with E-state index in [1.807, 2.05) is 6.07 Å². The Morgan fingerprint density at radius 1 is 0.895 bits per heavy atom. The Kier molecular flexibility index (Phi) is 8.62. The number of nitrogens with zero attached hydrogens (tertiary/aromatic N) is 2. The van der Waals surface area contributed by atoms with Crippen LogP contribution in [0.1, 0.15) is 15.9 Å². The van der Waals surface area contributed by atoms with Gasteiger partial charge in [0.1, 0.15) is 6.54 Å². The summed E-state index contributed by atoms with van der Waals surface area (Å²) >= 11 is 12.3. The summed E-state index contributed by atoms with van der Waals surface area (Å²) in [5.74, 6) is -1.10. The Balaban J connectivity index is 1.58. The molecule has 0 fully saturated rings. The first kappa shape index (κ1) is 27.1. The van der Waals surface area contributed by atoms with Gasteiger partial charge in [0.15, 0.2) is 0 Å². The lowest BCUT2D eigenvalue weighted by Crippen LogP contribution is -2.38. The van der Waals surface area contributed by atoms with Crippen LogP contribution in [0.25, 0.3) is 0 Å². The van der Waals surface area contributed by atoms with Crippen molar-refractivity contribution < 1.29 is 18.0 Å². The number of amides is 2. The predicted molar refractivity (Wildman–Crippen MR) is 148 cm³/mol. The van der Waals surface area contributed by atoms with E-state index in [1.165, 1.54) is 30.3 Å². The SMILES string of the molecule is O=C(CN(c1ccc(Cl)cc1Cl)S(=O)(=O)c1ccccc1)Nc1ccccc1C(=O)NCc1cccnc1. The summed E-state index contributed by atoms with van der Waals surface area (Å²) < 4.78 is 28.0. The zero-order chi connectivity index (χ0) is 27.1. The van der Waals surface area contributed by atoms with Crippen LogP contribution in [0.4, 0.5) is 11.4 Å². The summed E-state index contributed by atoms with van der Waals surface area (Å²) in [5, 5.41) is 5.81. The van der Waals surface area contributed by atoms with Crippen LogP contribution in [0.15, 0.2) is 102 Å². The summed E-state index contributed by atoms with van der Waals surface area (Å²) in [4.78, 5) is 30.0. The molecule has 3 aromatic carbocycles. The average Bonchev–Trinajstić information content (AvgIpc) is 2.92. The fourth-order valence-corrected chi connectivity index (χ4v) is 5.61. The van der Waals surface area contributed by atoms with E-state index in [2.05, 4.69) is 15.6 Å². The van der Waals surface area contributed by atoms with E-state index in [4.69, 9.17) is 23.2 Å². The highest BCUT2D eigenvalue weighted by molar-refractivity contribution is 7.92. The molecule has 4 rings (SSSR count). The number of rotatable bonds is 9. The zero-order valence-corrected chi connectivity index (χ0v) is 22.2. The molecule has 0 bridgehead atoms. The van der Waals surface area contributed by atoms with Gasteiger partial charge in [-0.25, -0.2) is 8.42 Å². The minimum absolute atomic E-state index is 0.0194. The smallest absolute Gasteiger partial charge is 0.264 e. The zero-order valence-electron chi connectivity index (χ0n) is 19.8. The first-order valence-electron chi connectivity index (χ1n) is 11.3. The molecule has 0 aliphatic heterocycles. The molecular formula is C27H22Cl2N4O4S. The molecule has 0 unspecified atom stereocenters.